The van der Waals surface area contributed by atoms with E-state index in [4.69, 9.17) is 9.31 Å². The van der Waals surface area contributed by atoms with Gasteiger partial charge in [-0.2, -0.15) is 0 Å². The minimum atomic E-state index is -0.467. The zero-order valence-electron chi connectivity index (χ0n) is 15.7. The first-order chi connectivity index (χ1) is 11.1. The second-order valence-corrected chi connectivity index (χ2v) is 8.14. The summed E-state index contributed by atoms with van der Waals surface area (Å²) in [5.41, 5.74) is 1.08. The molecule has 0 spiro atoms. The van der Waals surface area contributed by atoms with Gasteiger partial charge >= 0.3 is 7.12 Å². The maximum Gasteiger partial charge on any atom is 0.494 e. The van der Waals surface area contributed by atoms with E-state index in [1.807, 2.05) is 27.7 Å². The average Bonchev–Trinajstić information content (AvgIpc) is 2.69. The lowest BCUT2D eigenvalue weighted by atomic mass is 9.69. The summed E-state index contributed by atoms with van der Waals surface area (Å²) in [5, 5.41) is 0. The highest BCUT2D eigenvalue weighted by atomic mass is 32.1. The zero-order valence-corrected chi connectivity index (χ0v) is 16.6. The smallest absolute Gasteiger partial charge is 0.399 e. The number of nitrogens with one attached hydrogen (secondary N) is 1. The third-order valence-corrected chi connectivity index (χ3v) is 5.72. The molecule has 134 valence electrons. The fraction of sp³-hybridized carbons (Fsp3) is 0.722. The molecule has 0 amide bonds. The van der Waals surface area contributed by atoms with Gasteiger partial charge in [-0.05, 0) is 63.6 Å². The first kappa shape index (κ1) is 19.8. The monoisotopic (exact) mass is 351 g/mol. The van der Waals surface area contributed by atoms with Crippen LogP contribution in [0.5, 0.6) is 0 Å². The van der Waals surface area contributed by atoms with Crippen molar-refractivity contribution in [1.82, 2.24) is 4.72 Å². The third kappa shape index (κ3) is 3.98. The number of carbonyl (C=O) groups is 1. The highest BCUT2D eigenvalue weighted by Gasteiger charge is 2.53. The maximum atomic E-state index is 12.3. The first-order valence-electron chi connectivity index (χ1n) is 8.83. The Balaban J connectivity index is 2.47. The zero-order chi connectivity index (χ0) is 18.1. The minimum absolute atomic E-state index is 0.0205. The molecule has 2 rings (SSSR count). The number of hydrogen-bond acceptors (Lipinski definition) is 5. The van der Waals surface area contributed by atoms with E-state index in [0.29, 0.717) is 12.3 Å². The van der Waals surface area contributed by atoms with Crippen LogP contribution >= 0.6 is 12.8 Å². The molecule has 1 aliphatic carbocycles. The summed E-state index contributed by atoms with van der Waals surface area (Å²) >= 11 is 4.26. The van der Waals surface area contributed by atoms with Crippen LogP contribution in [-0.4, -0.2) is 30.1 Å². The van der Waals surface area contributed by atoms with Crippen molar-refractivity contribution in [2.24, 2.45) is 5.92 Å². The van der Waals surface area contributed by atoms with E-state index >= 15 is 0 Å². The van der Waals surface area contributed by atoms with Crippen LogP contribution in [0.4, 0.5) is 0 Å². The van der Waals surface area contributed by atoms with E-state index in [1.165, 1.54) is 0 Å². The van der Waals surface area contributed by atoms with Gasteiger partial charge in [0.05, 0.1) is 11.2 Å². The van der Waals surface area contributed by atoms with Crippen molar-refractivity contribution in [1.29, 1.82) is 0 Å². The molecular weight excluding hydrogens is 321 g/mol. The molecule has 1 heterocycles. The molecule has 0 aromatic carbocycles. The fourth-order valence-electron chi connectivity index (χ4n) is 3.05. The quantitative estimate of drug-likeness (QED) is 0.599. The predicted molar refractivity (Wildman–Crippen MR) is 102 cm³/mol. The Labute approximate surface area is 152 Å². The van der Waals surface area contributed by atoms with Crippen molar-refractivity contribution >= 4 is 25.7 Å². The van der Waals surface area contributed by atoms with Crippen LogP contribution in [0.25, 0.3) is 0 Å². The predicted octanol–water partition coefficient (Wildman–Crippen LogP) is 3.68. The van der Waals surface area contributed by atoms with Crippen LogP contribution in [0.1, 0.15) is 60.8 Å². The second-order valence-electron chi connectivity index (χ2n) is 7.88. The van der Waals surface area contributed by atoms with E-state index in [0.717, 1.165) is 23.9 Å². The molecule has 0 aromatic heterocycles. The van der Waals surface area contributed by atoms with Crippen LogP contribution in [0.3, 0.4) is 0 Å². The van der Waals surface area contributed by atoms with Crippen molar-refractivity contribution in [2.75, 3.05) is 0 Å². The molecule has 0 bridgehead atoms. The Kier molecular flexibility index (Phi) is 6.06. The van der Waals surface area contributed by atoms with Crippen molar-refractivity contribution in [3.8, 4) is 0 Å². The number of carbonyl (C=O) groups excluding carboxylic acids is 1. The molecule has 0 radical (unpaired) electrons. The van der Waals surface area contributed by atoms with E-state index in [-0.39, 0.29) is 11.8 Å². The van der Waals surface area contributed by atoms with Gasteiger partial charge in [-0.1, -0.05) is 32.7 Å². The van der Waals surface area contributed by atoms with Gasteiger partial charge in [0, 0.05) is 12.5 Å². The highest BCUT2D eigenvalue weighted by molar-refractivity contribution is 7.78. The molecule has 1 fully saturated rings. The summed E-state index contributed by atoms with van der Waals surface area (Å²) in [7, 11) is -0.467. The van der Waals surface area contributed by atoms with E-state index < -0.39 is 18.3 Å². The van der Waals surface area contributed by atoms with Crippen molar-refractivity contribution in [3.05, 3.63) is 23.2 Å². The number of allylic oxidation sites excluding steroid dienone is 2. The third-order valence-electron chi connectivity index (χ3n) is 5.41. The molecule has 6 heteroatoms. The van der Waals surface area contributed by atoms with Crippen LogP contribution in [0.15, 0.2) is 23.2 Å². The summed E-state index contributed by atoms with van der Waals surface area (Å²) < 4.78 is 15.5. The van der Waals surface area contributed by atoms with Crippen LogP contribution in [0.2, 0.25) is 0 Å². The van der Waals surface area contributed by atoms with Gasteiger partial charge in [-0.25, -0.2) is 0 Å². The minimum Gasteiger partial charge on any atom is -0.399 e. The lowest BCUT2D eigenvalue weighted by molar-refractivity contribution is -0.114. The number of ketones is 1. The Morgan fingerprint density at radius 3 is 2.42 bits per heavy atom. The number of hydrogen-bond donors (Lipinski definition) is 2. The molecule has 1 saturated heterocycles. The first-order valence-corrected chi connectivity index (χ1v) is 9.27. The lowest BCUT2D eigenvalue weighted by Crippen LogP contribution is -2.41. The van der Waals surface area contributed by atoms with E-state index in [9.17, 15) is 4.79 Å². The Morgan fingerprint density at radius 2 is 1.92 bits per heavy atom. The molecule has 1 unspecified atom stereocenters. The molecule has 1 aliphatic heterocycles. The van der Waals surface area contributed by atoms with Gasteiger partial charge in [0.1, 0.15) is 0 Å². The summed E-state index contributed by atoms with van der Waals surface area (Å²) in [4.78, 5) is 12.3. The Bertz CT molecular complexity index is 536. The van der Waals surface area contributed by atoms with Crippen molar-refractivity contribution in [2.45, 2.75) is 78.0 Å². The summed E-state index contributed by atoms with van der Waals surface area (Å²) in [6, 6.07) is -0.0205. The molecule has 4 nitrogen and oxygen atoms in total. The maximum absolute atomic E-state index is 12.3. The highest BCUT2D eigenvalue weighted by Crippen LogP contribution is 2.41. The van der Waals surface area contributed by atoms with Gasteiger partial charge in [0.25, 0.3) is 0 Å². The number of rotatable bonds is 4. The van der Waals surface area contributed by atoms with Gasteiger partial charge in [-0.15, -0.1) is 0 Å². The van der Waals surface area contributed by atoms with Gasteiger partial charge in [-0.3, -0.25) is 9.52 Å². The SMILES string of the molecule is CC[C@H](NS)C1=CC(=O)CCC(C)C=C1B1OC(C)(C)C(C)(C)O1. The second kappa shape index (κ2) is 7.36. The van der Waals surface area contributed by atoms with Crippen LogP contribution in [-0.2, 0) is 14.1 Å². The summed E-state index contributed by atoms with van der Waals surface area (Å²) in [6.07, 6.45) is 6.19. The van der Waals surface area contributed by atoms with Crippen LogP contribution < -0.4 is 4.72 Å². The van der Waals surface area contributed by atoms with Gasteiger partial charge in [0.15, 0.2) is 5.78 Å². The molecule has 24 heavy (non-hydrogen) atoms. The summed E-state index contributed by atoms with van der Waals surface area (Å²) in [6.45, 7) is 12.4. The van der Waals surface area contributed by atoms with Gasteiger partial charge in [0.2, 0.25) is 0 Å². The molecule has 1 N–H and O–H groups in total. The van der Waals surface area contributed by atoms with Gasteiger partial charge < -0.3 is 9.31 Å². The standard InChI is InChI=1S/C18H30BNO3S/c1-7-16(20-24)14-11-13(21)9-8-12(2)10-15(14)19-22-17(3,4)18(5,6)23-19/h10-12,16,20,24H,7-9H2,1-6H3/t12?,16-/m0/s1. The average molecular weight is 351 g/mol. The normalized spacial score (nSPS) is 28.0. The van der Waals surface area contributed by atoms with E-state index in [1.54, 1.807) is 6.08 Å². The molecule has 2 aliphatic rings. The van der Waals surface area contributed by atoms with E-state index in [2.05, 4.69) is 37.5 Å². The topological polar surface area (TPSA) is 47.6 Å². The molecular formula is C18H30BNO3S. The Hall–Kier alpha value is -0.555. The fourth-order valence-corrected chi connectivity index (χ4v) is 3.37. The molecule has 0 aromatic rings. The van der Waals surface area contributed by atoms with Crippen LogP contribution in [0, 0.1) is 5.92 Å². The molecule has 0 saturated carbocycles. The largest absolute Gasteiger partial charge is 0.494 e. The van der Waals surface area contributed by atoms with Crippen molar-refractivity contribution < 1.29 is 14.1 Å². The van der Waals surface area contributed by atoms with Crippen molar-refractivity contribution in [3.63, 3.8) is 0 Å². The molecule has 2 atom stereocenters. The lowest BCUT2D eigenvalue weighted by Gasteiger charge is -2.32. The number of thiol groups is 1. The summed E-state index contributed by atoms with van der Waals surface area (Å²) in [5.74, 6) is 0.449. The Morgan fingerprint density at radius 1 is 1.33 bits per heavy atom.